The molecule has 0 spiro atoms. The summed E-state index contributed by atoms with van der Waals surface area (Å²) in [7, 11) is 0. The van der Waals surface area contributed by atoms with E-state index >= 15 is 0 Å². The summed E-state index contributed by atoms with van der Waals surface area (Å²) < 4.78 is 6.86. The highest BCUT2D eigenvalue weighted by Gasteiger charge is 2.24. The van der Waals surface area contributed by atoms with E-state index in [2.05, 4.69) is 35.4 Å². The minimum atomic E-state index is -0.472. The van der Waals surface area contributed by atoms with E-state index in [1.54, 1.807) is 13.0 Å². The largest absolute Gasteiger partial charge is 0.476 e. The summed E-state index contributed by atoms with van der Waals surface area (Å²) in [4.78, 5) is 21.2. The van der Waals surface area contributed by atoms with Crippen LogP contribution in [0.4, 0.5) is 17.2 Å². The molecule has 3 aromatic heterocycles. The van der Waals surface area contributed by atoms with E-state index in [9.17, 15) is 4.79 Å². The first-order chi connectivity index (χ1) is 15.3. The molecule has 1 aromatic carbocycles. The van der Waals surface area contributed by atoms with E-state index in [1.807, 2.05) is 51.1 Å². The highest BCUT2D eigenvalue weighted by atomic mass is 16.5. The van der Waals surface area contributed by atoms with Crippen LogP contribution in [0.5, 0.6) is 5.88 Å². The number of aromatic nitrogens is 5. The van der Waals surface area contributed by atoms with E-state index < -0.39 is 5.56 Å². The van der Waals surface area contributed by atoms with Crippen molar-refractivity contribution in [2.24, 2.45) is 10.2 Å². The second-order valence-corrected chi connectivity index (χ2v) is 8.07. The Morgan fingerprint density at radius 1 is 1.22 bits per heavy atom. The third-order valence-corrected chi connectivity index (χ3v) is 4.75. The molecule has 162 valence electrons. The van der Waals surface area contributed by atoms with Crippen LogP contribution in [-0.4, -0.2) is 31.4 Å². The smallest absolute Gasteiger partial charge is 0.304 e. The molecular weight excluding hydrogens is 408 g/mol. The quantitative estimate of drug-likeness (QED) is 0.339. The van der Waals surface area contributed by atoms with E-state index in [-0.39, 0.29) is 28.5 Å². The zero-order chi connectivity index (χ0) is 22.9. The van der Waals surface area contributed by atoms with Crippen molar-refractivity contribution in [2.45, 2.75) is 33.1 Å². The molecule has 0 aliphatic carbocycles. The molecule has 0 saturated heterocycles. The Balaban J connectivity index is 1.83. The third-order valence-electron chi connectivity index (χ3n) is 4.75. The fourth-order valence-corrected chi connectivity index (χ4v) is 3.21. The monoisotopic (exact) mass is 430 g/mol. The molecule has 0 saturated carbocycles. The highest BCUT2D eigenvalue weighted by molar-refractivity contribution is 5.67. The standard InChI is InChI=1S/C22H22N8O2/c1-6-32-20-17(25-27-19-16(23-5)18(26-28-19)22(2,3)4)21(31)30-15(24-20)12-14(29-30)13-10-8-7-9-11-13/h7-12,29H,6H2,1-4H3,(H,26,28). The second-order valence-electron chi connectivity index (χ2n) is 8.07. The van der Waals surface area contributed by atoms with Gasteiger partial charge in [-0.15, -0.1) is 10.2 Å². The molecule has 4 aromatic rings. The molecule has 0 amide bonds. The molecule has 3 heterocycles. The molecule has 0 fully saturated rings. The lowest BCUT2D eigenvalue weighted by molar-refractivity contribution is 0.327. The number of hydrogen-bond acceptors (Lipinski definition) is 6. The summed E-state index contributed by atoms with van der Waals surface area (Å²) in [5.74, 6) is 0.170. The van der Waals surface area contributed by atoms with E-state index in [0.717, 1.165) is 11.3 Å². The average molecular weight is 430 g/mol. The van der Waals surface area contributed by atoms with Gasteiger partial charge in [0.25, 0.3) is 5.69 Å². The van der Waals surface area contributed by atoms with Crippen LogP contribution >= 0.6 is 0 Å². The van der Waals surface area contributed by atoms with Crippen molar-refractivity contribution >= 4 is 22.8 Å². The predicted octanol–water partition coefficient (Wildman–Crippen LogP) is 5.08. The topological polar surface area (TPSA) is 117 Å². The zero-order valence-corrected chi connectivity index (χ0v) is 18.2. The molecule has 0 aliphatic heterocycles. The van der Waals surface area contributed by atoms with Crippen LogP contribution in [0.3, 0.4) is 0 Å². The summed E-state index contributed by atoms with van der Waals surface area (Å²) in [6.45, 7) is 15.5. The minimum Gasteiger partial charge on any atom is -0.476 e. The third kappa shape index (κ3) is 3.76. The van der Waals surface area contributed by atoms with Crippen molar-refractivity contribution in [1.82, 2.24) is 24.8 Å². The molecular formula is C22H22N8O2. The first-order valence-corrected chi connectivity index (χ1v) is 10.1. The van der Waals surface area contributed by atoms with Crippen molar-refractivity contribution in [1.29, 1.82) is 0 Å². The van der Waals surface area contributed by atoms with Gasteiger partial charge < -0.3 is 4.74 Å². The minimum absolute atomic E-state index is 0.0656. The van der Waals surface area contributed by atoms with Crippen LogP contribution in [0.2, 0.25) is 0 Å². The normalized spacial score (nSPS) is 11.8. The number of azo groups is 1. The molecule has 0 bridgehead atoms. The summed E-state index contributed by atoms with van der Waals surface area (Å²) in [6.07, 6.45) is 0. The van der Waals surface area contributed by atoms with Gasteiger partial charge in [-0.2, -0.15) is 14.6 Å². The number of hydrogen-bond donors (Lipinski definition) is 2. The first-order valence-electron chi connectivity index (χ1n) is 10.1. The number of H-pyrrole nitrogens is 2. The van der Waals surface area contributed by atoms with Crippen molar-refractivity contribution in [2.75, 3.05) is 6.61 Å². The maximum Gasteiger partial charge on any atom is 0.304 e. The molecule has 10 nitrogen and oxygen atoms in total. The zero-order valence-electron chi connectivity index (χ0n) is 18.2. The molecule has 0 radical (unpaired) electrons. The van der Waals surface area contributed by atoms with Crippen LogP contribution in [-0.2, 0) is 5.41 Å². The fourth-order valence-electron chi connectivity index (χ4n) is 3.21. The van der Waals surface area contributed by atoms with Crippen molar-refractivity contribution in [3.05, 3.63) is 63.9 Å². The Labute approximate surface area is 183 Å². The van der Waals surface area contributed by atoms with Crippen molar-refractivity contribution in [3.63, 3.8) is 0 Å². The summed E-state index contributed by atoms with van der Waals surface area (Å²) >= 11 is 0. The van der Waals surface area contributed by atoms with Gasteiger partial charge in [0, 0.05) is 11.8 Å². The maximum atomic E-state index is 13.2. The number of fused-ring (bicyclic) bond motifs is 1. The second kappa shape index (κ2) is 8.11. The van der Waals surface area contributed by atoms with Crippen molar-refractivity contribution < 1.29 is 4.74 Å². The van der Waals surface area contributed by atoms with Gasteiger partial charge in [0.1, 0.15) is 0 Å². The van der Waals surface area contributed by atoms with E-state index in [0.29, 0.717) is 17.9 Å². The fraction of sp³-hybridized carbons (Fsp3) is 0.273. The summed E-state index contributed by atoms with van der Waals surface area (Å²) in [5, 5.41) is 18.2. The Kier molecular flexibility index (Phi) is 5.32. The molecule has 4 rings (SSSR count). The van der Waals surface area contributed by atoms with Gasteiger partial charge in [0.15, 0.2) is 5.65 Å². The lowest BCUT2D eigenvalue weighted by atomic mass is 9.91. The van der Waals surface area contributed by atoms with Crippen LogP contribution in [0.25, 0.3) is 21.7 Å². The van der Waals surface area contributed by atoms with Crippen LogP contribution in [0.1, 0.15) is 33.4 Å². The van der Waals surface area contributed by atoms with Crippen LogP contribution in [0.15, 0.2) is 51.4 Å². The van der Waals surface area contributed by atoms with E-state index in [1.165, 1.54) is 4.52 Å². The first kappa shape index (κ1) is 21.0. The summed E-state index contributed by atoms with van der Waals surface area (Å²) in [6, 6.07) is 11.4. The van der Waals surface area contributed by atoms with Gasteiger partial charge in [-0.3, -0.25) is 15.0 Å². The van der Waals surface area contributed by atoms with E-state index in [4.69, 9.17) is 11.3 Å². The Morgan fingerprint density at radius 3 is 2.62 bits per heavy atom. The average Bonchev–Trinajstić information content (AvgIpc) is 3.38. The number of nitrogens with zero attached hydrogens (tertiary/aromatic N) is 6. The molecule has 10 heteroatoms. The van der Waals surface area contributed by atoms with Gasteiger partial charge in [-0.05, 0) is 17.9 Å². The lowest BCUT2D eigenvalue weighted by Crippen LogP contribution is -2.16. The van der Waals surface area contributed by atoms with Crippen LogP contribution in [0, 0.1) is 6.57 Å². The molecule has 0 unspecified atom stereocenters. The Hall–Kier alpha value is -4.26. The summed E-state index contributed by atoms with van der Waals surface area (Å²) in [5.41, 5.74) is 2.06. The molecule has 0 aliphatic rings. The molecule has 32 heavy (non-hydrogen) atoms. The van der Waals surface area contributed by atoms with Crippen molar-refractivity contribution in [3.8, 4) is 17.1 Å². The van der Waals surface area contributed by atoms with Gasteiger partial charge in [0.2, 0.25) is 17.4 Å². The lowest BCUT2D eigenvalue weighted by Gasteiger charge is -2.16. The molecule has 2 N–H and O–H groups in total. The number of nitrogens with one attached hydrogen (secondary N) is 2. The molecule has 0 atom stereocenters. The highest BCUT2D eigenvalue weighted by Crippen LogP contribution is 2.37. The van der Waals surface area contributed by atoms with Gasteiger partial charge in [-0.1, -0.05) is 51.1 Å². The van der Waals surface area contributed by atoms with Crippen LogP contribution < -0.4 is 10.3 Å². The Bertz CT molecular complexity index is 1400. The van der Waals surface area contributed by atoms with Gasteiger partial charge in [-0.25, -0.2) is 4.85 Å². The number of rotatable bonds is 5. The maximum absolute atomic E-state index is 13.2. The predicted molar refractivity (Wildman–Crippen MR) is 120 cm³/mol. The SMILES string of the molecule is [C-]#[N+]c1c(N=Nc2c(OCC)nc3cc(-c4ccccc4)[nH]n3c2=O)n[nH]c1C(C)(C)C. The van der Waals surface area contributed by atoms with Gasteiger partial charge in [0.05, 0.1) is 18.9 Å². The number of ether oxygens (including phenoxy) is 1. The van der Waals surface area contributed by atoms with Gasteiger partial charge >= 0.3 is 5.56 Å². The Morgan fingerprint density at radius 2 is 1.97 bits per heavy atom. The number of benzene rings is 1. The number of aromatic amines is 2.